The zero-order valence-electron chi connectivity index (χ0n) is 12.4. The first-order chi connectivity index (χ1) is 8.82. The highest BCUT2D eigenvalue weighted by Gasteiger charge is 2.14. The van der Waals surface area contributed by atoms with Gasteiger partial charge in [0.05, 0.1) is 0 Å². The quantitative estimate of drug-likeness (QED) is 0.887. The second kappa shape index (κ2) is 6.57. The lowest BCUT2D eigenvalue weighted by molar-refractivity contribution is -0.133. The van der Waals surface area contributed by atoms with Crippen LogP contribution < -0.4 is 10.5 Å². The van der Waals surface area contributed by atoms with E-state index in [0.717, 1.165) is 11.1 Å². The van der Waals surface area contributed by atoms with Crippen LogP contribution in [0.3, 0.4) is 0 Å². The average Bonchev–Trinajstić information content (AvgIpc) is 2.34. The van der Waals surface area contributed by atoms with Crippen LogP contribution in [0.25, 0.3) is 0 Å². The molecule has 0 radical (unpaired) electrons. The minimum absolute atomic E-state index is 0.0351. The Morgan fingerprint density at radius 1 is 1.37 bits per heavy atom. The topological polar surface area (TPSA) is 55.6 Å². The first-order valence-electron chi connectivity index (χ1n) is 6.57. The molecular formula is C15H24N2O2. The Kier molecular flexibility index (Phi) is 5.36. The highest BCUT2D eigenvalue weighted by molar-refractivity contribution is 5.77. The van der Waals surface area contributed by atoms with Gasteiger partial charge in [-0.15, -0.1) is 0 Å². The molecule has 0 spiro atoms. The van der Waals surface area contributed by atoms with E-state index in [4.69, 9.17) is 10.5 Å². The minimum Gasteiger partial charge on any atom is -0.483 e. The molecule has 106 valence electrons. The Bertz CT molecular complexity index is 442. The third-order valence-corrected chi connectivity index (χ3v) is 3.18. The van der Waals surface area contributed by atoms with Crippen molar-refractivity contribution < 1.29 is 9.53 Å². The van der Waals surface area contributed by atoms with Gasteiger partial charge in [0.15, 0.2) is 6.61 Å². The zero-order chi connectivity index (χ0) is 14.6. The van der Waals surface area contributed by atoms with E-state index >= 15 is 0 Å². The van der Waals surface area contributed by atoms with Crippen LogP contribution in [-0.2, 0) is 4.79 Å². The number of benzene rings is 1. The molecule has 0 aliphatic heterocycles. The summed E-state index contributed by atoms with van der Waals surface area (Å²) in [6.07, 6.45) is 0. The van der Waals surface area contributed by atoms with Crippen molar-refractivity contribution in [3.8, 4) is 5.75 Å². The summed E-state index contributed by atoms with van der Waals surface area (Å²) in [5.41, 5.74) is 7.91. The van der Waals surface area contributed by atoms with Crippen LogP contribution in [0.2, 0.25) is 0 Å². The minimum atomic E-state index is -0.117. The van der Waals surface area contributed by atoms with Gasteiger partial charge < -0.3 is 15.4 Å². The van der Waals surface area contributed by atoms with Crippen LogP contribution in [0.1, 0.15) is 37.9 Å². The van der Waals surface area contributed by atoms with Gasteiger partial charge in [0.1, 0.15) is 5.75 Å². The molecule has 0 aromatic heterocycles. The van der Waals surface area contributed by atoms with Crippen molar-refractivity contribution in [1.29, 1.82) is 0 Å². The summed E-state index contributed by atoms with van der Waals surface area (Å²) in [4.78, 5) is 13.6. The molecule has 0 saturated carbocycles. The van der Waals surface area contributed by atoms with Crippen molar-refractivity contribution in [3.05, 3.63) is 29.3 Å². The number of likely N-dealkylation sites (N-methyl/N-ethyl adjacent to an activating group) is 1. The van der Waals surface area contributed by atoms with E-state index < -0.39 is 0 Å². The maximum absolute atomic E-state index is 11.9. The summed E-state index contributed by atoms with van der Waals surface area (Å²) in [6, 6.07) is 5.91. The van der Waals surface area contributed by atoms with Gasteiger partial charge in [-0.1, -0.05) is 12.1 Å². The Morgan fingerprint density at radius 2 is 2.00 bits per heavy atom. The molecule has 1 unspecified atom stereocenters. The molecule has 0 aliphatic rings. The van der Waals surface area contributed by atoms with E-state index in [9.17, 15) is 4.79 Å². The number of nitrogens with two attached hydrogens (primary N) is 1. The molecule has 4 heteroatoms. The summed E-state index contributed by atoms with van der Waals surface area (Å²) < 4.78 is 5.64. The fourth-order valence-corrected chi connectivity index (χ4v) is 1.67. The highest BCUT2D eigenvalue weighted by atomic mass is 16.5. The largest absolute Gasteiger partial charge is 0.483 e. The fourth-order valence-electron chi connectivity index (χ4n) is 1.67. The van der Waals surface area contributed by atoms with Crippen molar-refractivity contribution in [2.75, 3.05) is 13.7 Å². The van der Waals surface area contributed by atoms with Crippen LogP contribution in [-0.4, -0.2) is 30.5 Å². The number of aryl methyl sites for hydroxylation is 1. The van der Waals surface area contributed by atoms with Gasteiger partial charge in [-0.3, -0.25) is 4.79 Å². The Morgan fingerprint density at radius 3 is 2.53 bits per heavy atom. The summed E-state index contributed by atoms with van der Waals surface area (Å²) in [5, 5.41) is 0. The number of amides is 1. The lowest BCUT2D eigenvalue weighted by Crippen LogP contribution is -2.36. The van der Waals surface area contributed by atoms with Gasteiger partial charge in [-0.25, -0.2) is 0 Å². The molecule has 2 N–H and O–H groups in total. The molecule has 0 aliphatic carbocycles. The van der Waals surface area contributed by atoms with Crippen molar-refractivity contribution in [2.24, 2.45) is 5.73 Å². The van der Waals surface area contributed by atoms with Gasteiger partial charge in [0.2, 0.25) is 0 Å². The van der Waals surface area contributed by atoms with E-state index in [-0.39, 0.29) is 24.6 Å². The number of hydrogen-bond acceptors (Lipinski definition) is 3. The monoisotopic (exact) mass is 264 g/mol. The Labute approximate surface area is 115 Å². The van der Waals surface area contributed by atoms with E-state index in [1.165, 1.54) is 0 Å². The average molecular weight is 264 g/mol. The first-order valence-corrected chi connectivity index (χ1v) is 6.57. The molecule has 0 bridgehead atoms. The van der Waals surface area contributed by atoms with Gasteiger partial charge in [-0.05, 0) is 39.3 Å². The summed E-state index contributed by atoms with van der Waals surface area (Å²) >= 11 is 0. The van der Waals surface area contributed by atoms with Crippen LogP contribution in [0.15, 0.2) is 18.2 Å². The molecule has 1 aromatic carbocycles. The van der Waals surface area contributed by atoms with E-state index in [1.807, 2.05) is 45.9 Å². The molecule has 1 atom stereocenters. The lowest BCUT2D eigenvalue weighted by atomic mass is 10.1. The normalized spacial score (nSPS) is 12.4. The number of carbonyl (C=O) groups excluding carboxylic acids is 1. The van der Waals surface area contributed by atoms with Crippen LogP contribution in [0.5, 0.6) is 5.75 Å². The van der Waals surface area contributed by atoms with E-state index in [2.05, 4.69) is 0 Å². The Balaban J connectivity index is 2.77. The lowest BCUT2D eigenvalue weighted by Gasteiger charge is -2.22. The first kappa shape index (κ1) is 15.5. The molecule has 1 amide bonds. The van der Waals surface area contributed by atoms with Crippen LogP contribution >= 0.6 is 0 Å². The number of nitrogens with zero attached hydrogens (tertiary/aromatic N) is 1. The molecular weight excluding hydrogens is 240 g/mol. The molecule has 1 rings (SSSR count). The molecule has 0 saturated heterocycles. The standard InChI is InChI=1S/C15H24N2O2/c1-10(2)17(5)15(18)9-19-14-8-11(3)6-7-13(14)12(4)16/h6-8,10,12H,9,16H2,1-5H3. The van der Waals surface area contributed by atoms with Gasteiger partial charge in [-0.2, -0.15) is 0 Å². The maximum Gasteiger partial charge on any atom is 0.260 e. The zero-order valence-corrected chi connectivity index (χ0v) is 12.4. The van der Waals surface area contributed by atoms with Crippen LogP contribution in [0.4, 0.5) is 0 Å². The van der Waals surface area contributed by atoms with E-state index in [0.29, 0.717) is 5.75 Å². The molecule has 4 nitrogen and oxygen atoms in total. The maximum atomic E-state index is 11.9. The summed E-state index contributed by atoms with van der Waals surface area (Å²) in [7, 11) is 1.78. The third-order valence-electron chi connectivity index (χ3n) is 3.18. The van der Waals surface area contributed by atoms with Crippen molar-refractivity contribution in [2.45, 2.75) is 39.8 Å². The van der Waals surface area contributed by atoms with Gasteiger partial charge in [0.25, 0.3) is 5.91 Å². The van der Waals surface area contributed by atoms with Crippen LogP contribution in [0, 0.1) is 6.92 Å². The molecule has 1 aromatic rings. The summed E-state index contributed by atoms with van der Waals surface area (Å²) in [5.74, 6) is 0.660. The van der Waals surface area contributed by atoms with Crippen molar-refractivity contribution >= 4 is 5.91 Å². The van der Waals surface area contributed by atoms with Crippen molar-refractivity contribution in [1.82, 2.24) is 4.90 Å². The number of hydrogen-bond donors (Lipinski definition) is 1. The van der Waals surface area contributed by atoms with E-state index in [1.54, 1.807) is 11.9 Å². The molecule has 19 heavy (non-hydrogen) atoms. The van der Waals surface area contributed by atoms with Gasteiger partial charge >= 0.3 is 0 Å². The second-order valence-electron chi connectivity index (χ2n) is 5.22. The predicted molar refractivity (Wildman–Crippen MR) is 77.2 cm³/mol. The summed E-state index contributed by atoms with van der Waals surface area (Å²) in [6.45, 7) is 7.87. The highest BCUT2D eigenvalue weighted by Crippen LogP contribution is 2.25. The SMILES string of the molecule is Cc1ccc(C(C)N)c(OCC(=O)N(C)C(C)C)c1. The van der Waals surface area contributed by atoms with Crippen molar-refractivity contribution in [3.63, 3.8) is 0 Å². The molecule has 0 heterocycles. The van der Waals surface area contributed by atoms with Gasteiger partial charge in [0, 0.05) is 24.7 Å². The second-order valence-corrected chi connectivity index (χ2v) is 5.22. The third kappa shape index (κ3) is 4.24. The Hall–Kier alpha value is -1.55. The fraction of sp³-hybridized carbons (Fsp3) is 0.533. The predicted octanol–water partition coefficient (Wildman–Crippen LogP) is 2.26. The number of carbonyl (C=O) groups is 1. The molecule has 0 fully saturated rings. The number of rotatable bonds is 5. The number of ether oxygens (including phenoxy) is 1. The smallest absolute Gasteiger partial charge is 0.260 e.